The lowest BCUT2D eigenvalue weighted by Gasteiger charge is -2.22. The molecule has 0 aromatic rings. The van der Waals surface area contributed by atoms with Crippen molar-refractivity contribution in [1.29, 1.82) is 0 Å². The van der Waals surface area contributed by atoms with E-state index in [1.807, 2.05) is 0 Å². The average Bonchev–Trinajstić information content (AvgIpc) is 2.35. The van der Waals surface area contributed by atoms with Crippen molar-refractivity contribution < 1.29 is 15.3 Å². The van der Waals surface area contributed by atoms with Crippen LogP contribution in [0.4, 0.5) is 0 Å². The predicted octanol–water partition coefficient (Wildman–Crippen LogP) is 0.676. The quantitative estimate of drug-likeness (QED) is 0.618. The highest BCUT2D eigenvalue weighted by Gasteiger charge is 2.19. The number of hydrogen-bond donors (Lipinski definition) is 3. The van der Waals surface area contributed by atoms with Crippen LogP contribution in [-0.4, -0.2) is 33.6 Å². The van der Waals surface area contributed by atoms with Crippen molar-refractivity contribution in [3.05, 3.63) is 0 Å². The molecule has 0 saturated heterocycles. The van der Waals surface area contributed by atoms with Crippen molar-refractivity contribution in [2.75, 3.05) is 0 Å². The first-order chi connectivity index (χ1) is 8.11. The first-order valence-corrected chi connectivity index (χ1v) is 6.16. The van der Waals surface area contributed by atoms with Crippen LogP contribution in [0.2, 0.25) is 0 Å². The minimum absolute atomic E-state index is 0.264. The van der Waals surface area contributed by atoms with Crippen LogP contribution in [0, 0.1) is 29.6 Å². The second-order valence-electron chi connectivity index (χ2n) is 4.57. The molecular weight excluding hydrogens is 216 g/mol. The van der Waals surface area contributed by atoms with Gasteiger partial charge in [-0.1, -0.05) is 31.1 Å². The van der Waals surface area contributed by atoms with Crippen LogP contribution in [0.15, 0.2) is 0 Å². The molecule has 0 bridgehead atoms. The Morgan fingerprint density at radius 2 is 1.53 bits per heavy atom. The molecular formula is C14H20O3. The molecule has 1 rings (SSSR count). The molecule has 3 heteroatoms. The van der Waals surface area contributed by atoms with E-state index >= 15 is 0 Å². The zero-order valence-electron chi connectivity index (χ0n) is 10.2. The number of hydrogen-bond acceptors (Lipinski definition) is 3. The average molecular weight is 236 g/mol. The van der Waals surface area contributed by atoms with E-state index in [-0.39, 0.29) is 5.92 Å². The topological polar surface area (TPSA) is 60.7 Å². The minimum Gasteiger partial charge on any atom is -0.390 e. The molecule has 1 aliphatic rings. The monoisotopic (exact) mass is 236 g/mol. The zero-order valence-corrected chi connectivity index (χ0v) is 10.2. The van der Waals surface area contributed by atoms with Crippen molar-refractivity contribution in [2.45, 2.75) is 57.3 Å². The summed E-state index contributed by atoms with van der Waals surface area (Å²) in [5, 5.41) is 28.0. The summed E-state index contributed by atoms with van der Waals surface area (Å²) in [5.41, 5.74) is 0. The summed E-state index contributed by atoms with van der Waals surface area (Å²) in [6, 6.07) is 0. The van der Waals surface area contributed by atoms with Gasteiger partial charge in [0.2, 0.25) is 0 Å². The summed E-state index contributed by atoms with van der Waals surface area (Å²) >= 11 is 0. The van der Waals surface area contributed by atoms with Crippen LogP contribution in [0.5, 0.6) is 0 Å². The third-order valence-electron chi connectivity index (χ3n) is 3.06. The first kappa shape index (κ1) is 14.1. The Hall–Kier alpha value is -1.00. The van der Waals surface area contributed by atoms with E-state index in [2.05, 4.69) is 23.7 Å². The highest BCUT2D eigenvalue weighted by atomic mass is 16.3. The van der Waals surface area contributed by atoms with Gasteiger partial charge < -0.3 is 15.3 Å². The first-order valence-electron chi connectivity index (χ1n) is 6.16. The molecule has 0 radical (unpaired) electrons. The smallest absolute Gasteiger partial charge is 0.141 e. The van der Waals surface area contributed by atoms with E-state index in [1.54, 1.807) is 0 Å². The van der Waals surface area contributed by atoms with Gasteiger partial charge in [-0.15, -0.1) is 0 Å². The summed E-state index contributed by atoms with van der Waals surface area (Å²) in [5.74, 6) is 10.4. The van der Waals surface area contributed by atoms with Crippen molar-refractivity contribution in [3.63, 3.8) is 0 Å². The molecule has 94 valence electrons. The van der Waals surface area contributed by atoms with E-state index < -0.39 is 18.3 Å². The molecule has 0 spiro atoms. The maximum Gasteiger partial charge on any atom is 0.141 e. The summed E-state index contributed by atoms with van der Waals surface area (Å²) in [6.45, 7) is 1.46. The molecule has 3 nitrogen and oxygen atoms in total. The minimum atomic E-state index is -1.07. The van der Waals surface area contributed by atoms with Crippen LogP contribution in [0.3, 0.4) is 0 Å². The standard InChI is InChI=1S/C14H20O3/c1-11(15)13(16)9-5-6-10-14(17)12-7-3-2-4-8-12/h11-17H,2-4,7-8H2,1H3/t11-,13+,14?/m0/s1. The number of rotatable bonds is 2. The molecule has 0 aliphatic heterocycles. The van der Waals surface area contributed by atoms with Crippen LogP contribution in [-0.2, 0) is 0 Å². The van der Waals surface area contributed by atoms with Crippen LogP contribution < -0.4 is 0 Å². The molecule has 0 aromatic heterocycles. The summed E-state index contributed by atoms with van der Waals surface area (Å²) in [7, 11) is 0. The van der Waals surface area contributed by atoms with Gasteiger partial charge in [-0.2, -0.15) is 0 Å². The SMILES string of the molecule is C[C@H](O)[C@H](O)C#CC#CC(O)C1CCCCC1. The third kappa shape index (κ3) is 5.24. The van der Waals surface area contributed by atoms with Crippen LogP contribution in [0.1, 0.15) is 39.0 Å². The highest BCUT2D eigenvalue weighted by molar-refractivity contribution is 5.29. The molecule has 1 aliphatic carbocycles. The Balaban J connectivity index is 2.42. The predicted molar refractivity (Wildman–Crippen MR) is 65.8 cm³/mol. The van der Waals surface area contributed by atoms with Gasteiger partial charge in [0, 0.05) is 0 Å². The van der Waals surface area contributed by atoms with E-state index in [0.29, 0.717) is 0 Å². The maximum absolute atomic E-state index is 9.80. The lowest BCUT2D eigenvalue weighted by Crippen LogP contribution is -2.21. The molecule has 0 heterocycles. The molecule has 1 saturated carbocycles. The zero-order chi connectivity index (χ0) is 12.7. The fourth-order valence-corrected chi connectivity index (χ4v) is 1.91. The van der Waals surface area contributed by atoms with Gasteiger partial charge in [0.1, 0.15) is 12.2 Å². The maximum atomic E-state index is 9.80. The summed E-state index contributed by atoms with van der Waals surface area (Å²) < 4.78 is 0. The van der Waals surface area contributed by atoms with Crippen LogP contribution in [0.25, 0.3) is 0 Å². The fourth-order valence-electron chi connectivity index (χ4n) is 1.91. The van der Waals surface area contributed by atoms with Gasteiger partial charge in [-0.25, -0.2) is 0 Å². The van der Waals surface area contributed by atoms with Gasteiger partial charge in [0.05, 0.1) is 6.10 Å². The van der Waals surface area contributed by atoms with E-state index in [1.165, 1.54) is 13.3 Å². The Kier molecular flexibility index (Phi) is 6.08. The Morgan fingerprint density at radius 3 is 2.12 bits per heavy atom. The molecule has 1 unspecified atom stereocenters. The summed E-state index contributed by atoms with van der Waals surface area (Å²) in [6.07, 6.45) is 3.05. The fraction of sp³-hybridized carbons (Fsp3) is 0.714. The molecule has 0 aromatic carbocycles. The van der Waals surface area contributed by atoms with Crippen molar-refractivity contribution >= 4 is 0 Å². The lowest BCUT2D eigenvalue weighted by molar-refractivity contribution is 0.0678. The van der Waals surface area contributed by atoms with Gasteiger partial charge in [0.15, 0.2) is 0 Å². The lowest BCUT2D eigenvalue weighted by atomic mass is 9.85. The number of aliphatic hydroxyl groups excluding tert-OH is 3. The second-order valence-corrected chi connectivity index (χ2v) is 4.57. The second kappa shape index (κ2) is 7.35. The molecule has 1 fully saturated rings. The van der Waals surface area contributed by atoms with Gasteiger partial charge in [-0.3, -0.25) is 0 Å². The molecule has 0 amide bonds. The van der Waals surface area contributed by atoms with Gasteiger partial charge >= 0.3 is 0 Å². The van der Waals surface area contributed by atoms with Crippen molar-refractivity contribution in [3.8, 4) is 23.7 Å². The molecule has 17 heavy (non-hydrogen) atoms. The normalized spacial score (nSPS) is 21.4. The van der Waals surface area contributed by atoms with E-state index in [4.69, 9.17) is 5.11 Å². The number of aliphatic hydroxyl groups is 3. The van der Waals surface area contributed by atoms with E-state index in [0.717, 1.165) is 25.7 Å². The molecule has 3 atom stereocenters. The largest absolute Gasteiger partial charge is 0.390 e. The molecule has 3 N–H and O–H groups in total. The third-order valence-corrected chi connectivity index (χ3v) is 3.06. The Bertz CT molecular complexity index is 334. The van der Waals surface area contributed by atoms with Crippen molar-refractivity contribution in [1.82, 2.24) is 0 Å². The highest BCUT2D eigenvalue weighted by Crippen LogP contribution is 2.25. The van der Waals surface area contributed by atoms with Crippen LogP contribution >= 0.6 is 0 Å². The van der Waals surface area contributed by atoms with E-state index in [9.17, 15) is 10.2 Å². The summed E-state index contributed by atoms with van der Waals surface area (Å²) in [4.78, 5) is 0. The Morgan fingerprint density at radius 1 is 0.941 bits per heavy atom. The van der Waals surface area contributed by atoms with Gasteiger partial charge in [-0.05, 0) is 37.5 Å². The van der Waals surface area contributed by atoms with Crippen molar-refractivity contribution in [2.24, 2.45) is 5.92 Å². The Labute approximate surface area is 103 Å². The van der Waals surface area contributed by atoms with Gasteiger partial charge in [0.25, 0.3) is 0 Å².